The van der Waals surface area contributed by atoms with Crippen LogP contribution in [0.4, 0.5) is 0 Å². The number of hydrogen-bond acceptors (Lipinski definition) is 5. The summed E-state index contributed by atoms with van der Waals surface area (Å²) in [5, 5.41) is 0. The average molecular weight is 382 g/mol. The summed E-state index contributed by atoms with van der Waals surface area (Å²) in [6.07, 6.45) is 1.16. The fraction of sp³-hybridized carbons (Fsp3) is 0.611. The predicted molar refractivity (Wildman–Crippen MR) is 97.4 cm³/mol. The highest BCUT2D eigenvalue weighted by Gasteiger charge is 2.32. The van der Waals surface area contributed by atoms with E-state index < -0.39 is 10.0 Å². The number of carbonyl (C=O) groups excluding carboxylic acids is 1. The third kappa shape index (κ3) is 3.96. The number of nitrogens with zero attached hydrogens (tertiary/aromatic N) is 2. The Morgan fingerprint density at radius 2 is 1.88 bits per heavy atom. The molecule has 0 spiro atoms. The van der Waals surface area contributed by atoms with Crippen LogP contribution >= 0.6 is 0 Å². The first-order valence-corrected chi connectivity index (χ1v) is 10.7. The van der Waals surface area contributed by atoms with E-state index in [1.807, 2.05) is 30.0 Å². The van der Waals surface area contributed by atoms with Crippen LogP contribution in [0.5, 0.6) is 11.5 Å². The summed E-state index contributed by atoms with van der Waals surface area (Å²) < 4.78 is 36.1. The van der Waals surface area contributed by atoms with E-state index in [9.17, 15) is 13.2 Å². The number of sulfonamides is 1. The van der Waals surface area contributed by atoms with Crippen molar-refractivity contribution >= 4 is 15.9 Å². The molecule has 3 rings (SSSR count). The molecule has 1 saturated heterocycles. The summed E-state index contributed by atoms with van der Waals surface area (Å²) in [5.74, 6) is 1.53. The minimum Gasteiger partial charge on any atom is -0.454 e. The van der Waals surface area contributed by atoms with Gasteiger partial charge in [0.25, 0.3) is 0 Å². The van der Waals surface area contributed by atoms with E-state index in [2.05, 4.69) is 0 Å². The molecular weight excluding hydrogens is 356 g/mol. The molecule has 0 bridgehead atoms. The van der Waals surface area contributed by atoms with Crippen molar-refractivity contribution in [3.05, 3.63) is 23.8 Å². The van der Waals surface area contributed by atoms with E-state index in [1.54, 1.807) is 6.92 Å². The second kappa shape index (κ2) is 7.84. The Morgan fingerprint density at radius 3 is 2.54 bits per heavy atom. The van der Waals surface area contributed by atoms with Crippen molar-refractivity contribution in [2.75, 3.05) is 32.2 Å². The number of piperidine rings is 1. The highest BCUT2D eigenvalue weighted by Crippen LogP contribution is 2.33. The van der Waals surface area contributed by atoms with Crippen LogP contribution in [0.2, 0.25) is 0 Å². The van der Waals surface area contributed by atoms with Gasteiger partial charge in [0.2, 0.25) is 22.7 Å². The second-order valence-electron chi connectivity index (χ2n) is 6.61. The number of hydrogen-bond donors (Lipinski definition) is 0. The van der Waals surface area contributed by atoms with E-state index in [0.717, 1.165) is 11.3 Å². The van der Waals surface area contributed by atoms with Crippen molar-refractivity contribution in [3.8, 4) is 11.5 Å². The Bertz CT molecular complexity index is 757. The van der Waals surface area contributed by atoms with Crippen molar-refractivity contribution in [3.63, 3.8) is 0 Å². The molecule has 1 aromatic carbocycles. The topological polar surface area (TPSA) is 76.2 Å². The maximum Gasteiger partial charge on any atom is 0.231 e. The van der Waals surface area contributed by atoms with Crippen LogP contribution in [0.15, 0.2) is 18.2 Å². The van der Waals surface area contributed by atoms with E-state index >= 15 is 0 Å². The molecule has 2 aliphatic heterocycles. The zero-order valence-corrected chi connectivity index (χ0v) is 16.1. The fourth-order valence-corrected chi connectivity index (χ4v) is 4.56. The molecule has 1 fully saturated rings. The normalized spacial score (nSPS) is 18.1. The Morgan fingerprint density at radius 1 is 1.19 bits per heavy atom. The van der Waals surface area contributed by atoms with Gasteiger partial charge in [-0.2, -0.15) is 0 Å². The fourth-order valence-electron chi connectivity index (χ4n) is 3.43. The van der Waals surface area contributed by atoms with Gasteiger partial charge in [0.15, 0.2) is 11.5 Å². The third-order valence-corrected chi connectivity index (χ3v) is 6.95. The average Bonchev–Trinajstić information content (AvgIpc) is 3.13. The number of benzene rings is 1. The Hall–Kier alpha value is -1.80. The van der Waals surface area contributed by atoms with Gasteiger partial charge in [0.05, 0.1) is 5.75 Å². The molecule has 0 atom stereocenters. The van der Waals surface area contributed by atoms with Crippen molar-refractivity contribution in [2.24, 2.45) is 5.92 Å². The highest BCUT2D eigenvalue weighted by atomic mass is 32.2. The van der Waals surface area contributed by atoms with Crippen molar-refractivity contribution in [1.29, 1.82) is 0 Å². The molecule has 0 aromatic heterocycles. The molecule has 0 N–H and O–H groups in total. The quantitative estimate of drug-likeness (QED) is 0.750. The van der Waals surface area contributed by atoms with E-state index in [4.69, 9.17) is 9.47 Å². The van der Waals surface area contributed by atoms with E-state index in [-0.39, 0.29) is 24.4 Å². The molecule has 7 nitrogen and oxygen atoms in total. The minimum absolute atomic E-state index is 0.0960. The predicted octanol–water partition coefficient (Wildman–Crippen LogP) is 1.83. The summed E-state index contributed by atoms with van der Waals surface area (Å²) in [5.41, 5.74) is 0.996. The molecule has 0 radical (unpaired) electrons. The van der Waals surface area contributed by atoms with Gasteiger partial charge in [-0.05, 0) is 44.4 Å². The standard InChI is InChI=1S/C18H26N2O5S/c1-3-19(12-14-5-6-16-17(11-14)25-13-24-16)18(21)15-7-9-20(10-8-15)26(22,23)4-2/h5-6,11,15H,3-4,7-10,12-13H2,1-2H3. The Balaban J connectivity index is 1.61. The van der Waals surface area contributed by atoms with Crippen LogP contribution in [-0.4, -0.2) is 55.7 Å². The van der Waals surface area contributed by atoms with E-state index in [1.165, 1.54) is 4.31 Å². The van der Waals surface area contributed by atoms with Crippen LogP contribution in [0.25, 0.3) is 0 Å². The number of rotatable bonds is 6. The SMILES string of the molecule is CCN(Cc1ccc2c(c1)OCO2)C(=O)C1CCN(S(=O)(=O)CC)CC1. The van der Waals surface area contributed by atoms with Gasteiger partial charge in [-0.3, -0.25) is 4.79 Å². The maximum absolute atomic E-state index is 12.9. The lowest BCUT2D eigenvalue weighted by Crippen LogP contribution is -2.44. The zero-order valence-electron chi connectivity index (χ0n) is 15.3. The molecule has 0 saturated carbocycles. The summed E-state index contributed by atoms with van der Waals surface area (Å²) >= 11 is 0. The molecule has 144 valence electrons. The van der Waals surface area contributed by atoms with Crippen LogP contribution in [0.1, 0.15) is 32.3 Å². The molecule has 26 heavy (non-hydrogen) atoms. The number of fused-ring (bicyclic) bond motifs is 1. The lowest BCUT2D eigenvalue weighted by Gasteiger charge is -2.33. The van der Waals surface area contributed by atoms with Crippen LogP contribution in [0, 0.1) is 5.92 Å². The van der Waals surface area contributed by atoms with Gasteiger partial charge in [-0.1, -0.05) is 6.07 Å². The largest absolute Gasteiger partial charge is 0.454 e. The molecule has 8 heteroatoms. The van der Waals surface area contributed by atoms with Crippen LogP contribution in [0.3, 0.4) is 0 Å². The minimum atomic E-state index is -3.17. The molecule has 0 aliphatic carbocycles. The first-order chi connectivity index (χ1) is 12.4. The van der Waals surface area contributed by atoms with Gasteiger partial charge < -0.3 is 14.4 Å². The zero-order chi connectivity index (χ0) is 18.7. The number of amides is 1. The summed E-state index contributed by atoms with van der Waals surface area (Å²) in [4.78, 5) is 14.7. The number of ether oxygens (including phenoxy) is 2. The van der Waals surface area contributed by atoms with Crippen LogP contribution < -0.4 is 9.47 Å². The Labute approximate surface area is 154 Å². The summed E-state index contributed by atoms with van der Waals surface area (Å²) in [6, 6.07) is 5.72. The molecule has 2 heterocycles. The van der Waals surface area contributed by atoms with Gasteiger partial charge in [-0.25, -0.2) is 12.7 Å². The molecule has 1 aromatic rings. The second-order valence-corrected chi connectivity index (χ2v) is 8.87. The Kier molecular flexibility index (Phi) is 5.72. The van der Waals surface area contributed by atoms with Crippen molar-refractivity contribution in [1.82, 2.24) is 9.21 Å². The van der Waals surface area contributed by atoms with Crippen molar-refractivity contribution < 1.29 is 22.7 Å². The lowest BCUT2D eigenvalue weighted by atomic mass is 9.96. The maximum atomic E-state index is 12.9. The highest BCUT2D eigenvalue weighted by molar-refractivity contribution is 7.89. The van der Waals surface area contributed by atoms with Gasteiger partial charge in [0, 0.05) is 32.1 Å². The van der Waals surface area contributed by atoms with E-state index in [0.29, 0.717) is 44.8 Å². The van der Waals surface area contributed by atoms with Gasteiger partial charge in [0.1, 0.15) is 0 Å². The first-order valence-electron chi connectivity index (χ1n) is 9.09. The van der Waals surface area contributed by atoms with Crippen molar-refractivity contribution in [2.45, 2.75) is 33.2 Å². The molecule has 2 aliphatic rings. The first kappa shape index (κ1) is 19.0. The van der Waals surface area contributed by atoms with Gasteiger partial charge >= 0.3 is 0 Å². The lowest BCUT2D eigenvalue weighted by molar-refractivity contribution is -0.137. The monoisotopic (exact) mass is 382 g/mol. The smallest absolute Gasteiger partial charge is 0.231 e. The van der Waals surface area contributed by atoms with Crippen LogP contribution in [-0.2, 0) is 21.4 Å². The molecule has 1 amide bonds. The third-order valence-electron chi connectivity index (χ3n) is 5.07. The van der Waals surface area contributed by atoms with Gasteiger partial charge in [-0.15, -0.1) is 0 Å². The summed E-state index contributed by atoms with van der Waals surface area (Å²) in [6.45, 7) is 5.81. The molecule has 0 unspecified atom stereocenters. The summed E-state index contributed by atoms with van der Waals surface area (Å²) in [7, 11) is -3.17. The number of carbonyl (C=O) groups is 1. The molecular formula is C18H26N2O5S.